The Morgan fingerprint density at radius 2 is 2.25 bits per heavy atom. The van der Waals surface area contributed by atoms with Crippen LogP contribution in [0.4, 0.5) is 11.5 Å². The fourth-order valence-electron chi connectivity index (χ4n) is 1.28. The van der Waals surface area contributed by atoms with E-state index < -0.39 is 4.92 Å². The second kappa shape index (κ2) is 4.89. The van der Waals surface area contributed by atoms with E-state index in [0.717, 1.165) is 0 Å². The molecule has 0 aliphatic carbocycles. The third-order valence-corrected chi connectivity index (χ3v) is 2.53. The number of anilines is 1. The molecule has 1 aromatic heterocycles. The van der Waals surface area contributed by atoms with Crippen molar-refractivity contribution in [1.82, 2.24) is 4.98 Å². The van der Waals surface area contributed by atoms with Gasteiger partial charge in [0.15, 0.2) is 0 Å². The quantitative estimate of drug-likeness (QED) is 0.613. The number of aliphatic hydroxyl groups excluding tert-OH is 1. The van der Waals surface area contributed by atoms with Gasteiger partial charge in [0.2, 0.25) is 0 Å². The lowest BCUT2D eigenvalue weighted by Crippen LogP contribution is -2.32. The van der Waals surface area contributed by atoms with Crippen molar-refractivity contribution < 1.29 is 10.0 Å². The SMILES string of the molecule is Cc1nc(N(C)[C@H](C)CO)ccc1[N+](=O)[O-]. The maximum absolute atomic E-state index is 10.6. The molecular formula is C10H15N3O3. The predicted molar refractivity (Wildman–Crippen MR) is 60.6 cm³/mol. The third kappa shape index (κ3) is 2.46. The van der Waals surface area contributed by atoms with E-state index in [9.17, 15) is 10.1 Å². The Morgan fingerprint density at radius 3 is 2.69 bits per heavy atom. The molecule has 1 heterocycles. The first-order chi connectivity index (χ1) is 7.47. The number of aryl methyl sites for hydroxylation is 1. The minimum Gasteiger partial charge on any atom is -0.394 e. The van der Waals surface area contributed by atoms with Crippen molar-refractivity contribution in [2.75, 3.05) is 18.6 Å². The van der Waals surface area contributed by atoms with Gasteiger partial charge in [0.05, 0.1) is 17.6 Å². The summed E-state index contributed by atoms with van der Waals surface area (Å²) in [6, 6.07) is 2.93. The van der Waals surface area contributed by atoms with Gasteiger partial charge in [0, 0.05) is 13.1 Å². The molecule has 0 aromatic carbocycles. The van der Waals surface area contributed by atoms with E-state index in [0.29, 0.717) is 11.5 Å². The number of nitrogens with zero attached hydrogens (tertiary/aromatic N) is 3. The van der Waals surface area contributed by atoms with Crippen LogP contribution in [-0.4, -0.2) is 34.7 Å². The van der Waals surface area contributed by atoms with Gasteiger partial charge in [-0.15, -0.1) is 0 Å². The van der Waals surface area contributed by atoms with Crippen LogP contribution in [0.1, 0.15) is 12.6 Å². The molecule has 1 N–H and O–H groups in total. The molecule has 0 spiro atoms. The van der Waals surface area contributed by atoms with Gasteiger partial charge in [0.1, 0.15) is 11.5 Å². The van der Waals surface area contributed by atoms with Crippen LogP contribution in [-0.2, 0) is 0 Å². The summed E-state index contributed by atoms with van der Waals surface area (Å²) in [4.78, 5) is 16.1. The van der Waals surface area contributed by atoms with Gasteiger partial charge in [-0.3, -0.25) is 10.1 Å². The van der Waals surface area contributed by atoms with Gasteiger partial charge >= 0.3 is 0 Å². The van der Waals surface area contributed by atoms with Crippen LogP contribution in [0.3, 0.4) is 0 Å². The molecule has 0 aliphatic rings. The first kappa shape index (κ1) is 12.4. The number of nitro groups is 1. The Kier molecular flexibility index (Phi) is 3.78. The highest BCUT2D eigenvalue weighted by molar-refractivity contribution is 5.46. The molecule has 0 amide bonds. The van der Waals surface area contributed by atoms with E-state index in [1.165, 1.54) is 6.07 Å². The second-order valence-electron chi connectivity index (χ2n) is 3.67. The van der Waals surface area contributed by atoms with Crippen LogP contribution < -0.4 is 4.90 Å². The van der Waals surface area contributed by atoms with E-state index in [4.69, 9.17) is 5.11 Å². The van der Waals surface area contributed by atoms with Crippen molar-refractivity contribution in [1.29, 1.82) is 0 Å². The van der Waals surface area contributed by atoms with Crippen molar-refractivity contribution in [3.63, 3.8) is 0 Å². The number of rotatable bonds is 4. The Morgan fingerprint density at radius 1 is 1.62 bits per heavy atom. The molecule has 1 rings (SSSR count). The molecule has 1 aromatic rings. The molecule has 1 atom stereocenters. The average molecular weight is 225 g/mol. The van der Waals surface area contributed by atoms with Crippen LogP contribution >= 0.6 is 0 Å². The number of hydrogen-bond acceptors (Lipinski definition) is 5. The molecule has 0 radical (unpaired) electrons. The average Bonchev–Trinajstić information content (AvgIpc) is 2.26. The lowest BCUT2D eigenvalue weighted by Gasteiger charge is -2.24. The maximum atomic E-state index is 10.6. The second-order valence-corrected chi connectivity index (χ2v) is 3.67. The summed E-state index contributed by atoms with van der Waals surface area (Å²) >= 11 is 0. The van der Waals surface area contributed by atoms with Gasteiger partial charge < -0.3 is 10.0 Å². The van der Waals surface area contributed by atoms with Gasteiger partial charge in [-0.05, 0) is 19.9 Å². The minimum absolute atomic E-state index is 0.00815. The molecule has 0 fully saturated rings. The van der Waals surface area contributed by atoms with E-state index in [1.807, 2.05) is 6.92 Å². The van der Waals surface area contributed by atoms with Crippen molar-refractivity contribution in [2.24, 2.45) is 0 Å². The lowest BCUT2D eigenvalue weighted by molar-refractivity contribution is -0.385. The number of aromatic nitrogens is 1. The highest BCUT2D eigenvalue weighted by atomic mass is 16.6. The van der Waals surface area contributed by atoms with E-state index in [1.54, 1.807) is 24.9 Å². The fourth-order valence-corrected chi connectivity index (χ4v) is 1.28. The lowest BCUT2D eigenvalue weighted by atomic mass is 10.2. The first-order valence-corrected chi connectivity index (χ1v) is 4.93. The van der Waals surface area contributed by atoms with Crippen LogP contribution in [0, 0.1) is 17.0 Å². The molecule has 0 unspecified atom stereocenters. The summed E-state index contributed by atoms with van der Waals surface area (Å²) in [7, 11) is 1.79. The Balaban J connectivity index is 3.01. The molecule has 0 bridgehead atoms. The molecule has 6 nitrogen and oxygen atoms in total. The zero-order valence-electron chi connectivity index (χ0n) is 9.54. The fraction of sp³-hybridized carbons (Fsp3) is 0.500. The van der Waals surface area contributed by atoms with Gasteiger partial charge in [0.25, 0.3) is 5.69 Å². The van der Waals surface area contributed by atoms with Crippen molar-refractivity contribution in [2.45, 2.75) is 19.9 Å². The summed E-state index contributed by atoms with van der Waals surface area (Å²) in [5.41, 5.74) is 0.383. The molecular weight excluding hydrogens is 210 g/mol. The topological polar surface area (TPSA) is 79.5 Å². The summed E-state index contributed by atoms with van der Waals surface area (Å²) in [5.74, 6) is 0.615. The zero-order valence-corrected chi connectivity index (χ0v) is 9.54. The van der Waals surface area contributed by atoms with Crippen LogP contribution in [0.2, 0.25) is 0 Å². The summed E-state index contributed by atoms with van der Waals surface area (Å²) in [5, 5.41) is 19.6. The highest BCUT2D eigenvalue weighted by Crippen LogP contribution is 2.20. The van der Waals surface area contributed by atoms with Crippen molar-refractivity contribution >= 4 is 11.5 Å². The van der Waals surface area contributed by atoms with Gasteiger partial charge in [-0.1, -0.05) is 0 Å². The molecule has 88 valence electrons. The summed E-state index contributed by atoms with van der Waals surface area (Å²) in [6.07, 6.45) is 0. The van der Waals surface area contributed by atoms with Crippen LogP contribution in [0.15, 0.2) is 12.1 Å². The normalized spacial score (nSPS) is 12.2. The number of hydrogen-bond donors (Lipinski definition) is 1. The molecule has 0 saturated heterocycles. The van der Waals surface area contributed by atoms with Crippen molar-refractivity contribution in [3.8, 4) is 0 Å². The number of aliphatic hydroxyl groups is 1. The smallest absolute Gasteiger partial charge is 0.290 e. The van der Waals surface area contributed by atoms with Gasteiger partial charge in [-0.2, -0.15) is 0 Å². The largest absolute Gasteiger partial charge is 0.394 e. The highest BCUT2D eigenvalue weighted by Gasteiger charge is 2.15. The molecule has 16 heavy (non-hydrogen) atoms. The summed E-state index contributed by atoms with van der Waals surface area (Å²) < 4.78 is 0. The van der Waals surface area contributed by atoms with E-state index in [2.05, 4.69) is 4.98 Å². The first-order valence-electron chi connectivity index (χ1n) is 4.93. The maximum Gasteiger partial charge on any atom is 0.290 e. The standard InChI is InChI=1S/C10H15N3O3/c1-7(6-14)12(3)10-5-4-9(13(15)16)8(2)11-10/h4-5,7,14H,6H2,1-3H3/t7-/m1/s1. The summed E-state index contributed by atoms with van der Waals surface area (Å²) in [6.45, 7) is 3.45. The Labute approximate surface area is 93.7 Å². The Bertz CT molecular complexity index is 395. The van der Waals surface area contributed by atoms with Crippen LogP contribution in [0.5, 0.6) is 0 Å². The van der Waals surface area contributed by atoms with Gasteiger partial charge in [-0.25, -0.2) is 4.98 Å². The molecule has 6 heteroatoms. The predicted octanol–water partition coefficient (Wildman–Crippen LogP) is 1.12. The van der Waals surface area contributed by atoms with E-state index in [-0.39, 0.29) is 18.3 Å². The Hall–Kier alpha value is -1.69. The molecule has 0 saturated carbocycles. The molecule has 0 aliphatic heterocycles. The number of pyridine rings is 1. The van der Waals surface area contributed by atoms with Crippen LogP contribution in [0.25, 0.3) is 0 Å². The van der Waals surface area contributed by atoms with Crippen molar-refractivity contribution in [3.05, 3.63) is 27.9 Å². The minimum atomic E-state index is -0.457. The number of likely N-dealkylation sites (N-methyl/N-ethyl adjacent to an activating group) is 1. The van der Waals surface area contributed by atoms with E-state index >= 15 is 0 Å². The monoisotopic (exact) mass is 225 g/mol. The zero-order chi connectivity index (χ0) is 12.3. The third-order valence-electron chi connectivity index (χ3n) is 2.53.